The maximum absolute atomic E-state index is 11.7. The summed E-state index contributed by atoms with van der Waals surface area (Å²) in [6.07, 6.45) is 5.99. The number of benzene rings is 1. The second-order valence-corrected chi connectivity index (χ2v) is 5.98. The predicted molar refractivity (Wildman–Crippen MR) is 93.0 cm³/mol. The Labute approximate surface area is 140 Å². The number of likely N-dealkylation sites (N-methyl/N-ethyl adjacent to an activating group) is 1. The Morgan fingerprint density at radius 1 is 1.21 bits per heavy atom. The normalized spacial score (nSPS) is 11.2. The van der Waals surface area contributed by atoms with Crippen molar-refractivity contribution in [2.45, 2.75) is 6.42 Å². The molecule has 2 aromatic heterocycles. The highest BCUT2D eigenvalue weighted by molar-refractivity contribution is 5.91. The molecule has 0 fully saturated rings. The van der Waals surface area contributed by atoms with Crippen molar-refractivity contribution in [2.24, 2.45) is 0 Å². The third-order valence-corrected chi connectivity index (χ3v) is 3.97. The van der Waals surface area contributed by atoms with Gasteiger partial charge in [-0.1, -0.05) is 6.07 Å². The molecule has 5 nitrogen and oxygen atoms in total. The van der Waals surface area contributed by atoms with Crippen LogP contribution in [0.4, 0.5) is 0 Å². The van der Waals surface area contributed by atoms with Crippen LogP contribution in [0.3, 0.4) is 0 Å². The van der Waals surface area contributed by atoms with Crippen molar-refractivity contribution in [3.63, 3.8) is 0 Å². The van der Waals surface area contributed by atoms with E-state index in [1.807, 2.05) is 18.4 Å². The minimum absolute atomic E-state index is 0.389. The van der Waals surface area contributed by atoms with Gasteiger partial charge in [-0.15, -0.1) is 0 Å². The van der Waals surface area contributed by atoms with Gasteiger partial charge in [0.15, 0.2) is 0 Å². The van der Waals surface area contributed by atoms with Gasteiger partial charge in [0.25, 0.3) is 0 Å². The summed E-state index contributed by atoms with van der Waals surface area (Å²) in [4.78, 5) is 18.0. The minimum Gasteiger partial charge on any atom is -0.465 e. The highest BCUT2D eigenvalue weighted by Gasteiger charge is 2.11. The number of rotatable bonds is 5. The molecule has 0 unspecified atom stereocenters. The van der Waals surface area contributed by atoms with E-state index in [1.165, 1.54) is 18.9 Å². The van der Waals surface area contributed by atoms with Crippen LogP contribution in [0.15, 0.2) is 47.3 Å². The first-order chi connectivity index (χ1) is 11.6. The van der Waals surface area contributed by atoms with E-state index in [2.05, 4.69) is 30.0 Å². The number of fused-ring (bicyclic) bond motifs is 1. The molecule has 5 heteroatoms. The molecular weight excluding hydrogens is 304 g/mol. The Morgan fingerprint density at radius 3 is 2.79 bits per heavy atom. The molecule has 0 aliphatic rings. The molecule has 0 amide bonds. The van der Waals surface area contributed by atoms with Gasteiger partial charge >= 0.3 is 5.97 Å². The number of esters is 1. The Kier molecular flexibility index (Phi) is 4.62. The maximum Gasteiger partial charge on any atom is 0.339 e. The number of hydrogen-bond donors (Lipinski definition) is 0. The molecule has 24 heavy (non-hydrogen) atoms. The predicted octanol–water partition coefficient (Wildman–Crippen LogP) is 3.39. The summed E-state index contributed by atoms with van der Waals surface area (Å²) >= 11 is 0. The first-order valence-corrected chi connectivity index (χ1v) is 7.77. The standard InChI is InChI=1S/C19H20N2O3/c1-21(2)7-6-14-12-24-18-5-4-13(9-17(14)18)15-8-16(11-20-10-15)19(22)23-3/h4-5,8-12H,6-7H2,1-3H3. The molecule has 0 N–H and O–H groups in total. The van der Waals surface area contributed by atoms with Crippen molar-refractivity contribution in [2.75, 3.05) is 27.7 Å². The lowest BCUT2D eigenvalue weighted by molar-refractivity contribution is 0.0600. The monoisotopic (exact) mass is 324 g/mol. The number of hydrogen-bond acceptors (Lipinski definition) is 5. The fraction of sp³-hybridized carbons (Fsp3) is 0.263. The van der Waals surface area contributed by atoms with Crippen LogP contribution in [0, 0.1) is 0 Å². The van der Waals surface area contributed by atoms with E-state index in [0.29, 0.717) is 5.56 Å². The van der Waals surface area contributed by atoms with Crippen molar-refractivity contribution in [3.8, 4) is 11.1 Å². The fourth-order valence-corrected chi connectivity index (χ4v) is 2.63. The van der Waals surface area contributed by atoms with Gasteiger partial charge in [0, 0.05) is 29.9 Å². The van der Waals surface area contributed by atoms with Crippen molar-refractivity contribution < 1.29 is 13.9 Å². The van der Waals surface area contributed by atoms with Crippen LogP contribution in [0.25, 0.3) is 22.1 Å². The van der Waals surface area contributed by atoms with Crippen LogP contribution < -0.4 is 0 Å². The lowest BCUT2D eigenvalue weighted by Gasteiger charge is -2.08. The Balaban J connectivity index is 1.98. The smallest absolute Gasteiger partial charge is 0.339 e. The third-order valence-electron chi connectivity index (χ3n) is 3.97. The number of carbonyl (C=O) groups excluding carboxylic acids is 1. The van der Waals surface area contributed by atoms with Crippen LogP contribution in [0.5, 0.6) is 0 Å². The molecule has 3 rings (SSSR count). The molecule has 0 aliphatic carbocycles. The van der Waals surface area contributed by atoms with Crippen LogP contribution in [-0.4, -0.2) is 43.6 Å². The highest BCUT2D eigenvalue weighted by atomic mass is 16.5. The molecule has 0 saturated heterocycles. The van der Waals surface area contributed by atoms with Crippen LogP contribution in [0.2, 0.25) is 0 Å². The number of aromatic nitrogens is 1. The number of ether oxygens (including phenoxy) is 1. The third kappa shape index (κ3) is 3.31. The maximum atomic E-state index is 11.7. The van der Waals surface area contributed by atoms with Crippen molar-refractivity contribution >= 4 is 16.9 Å². The number of nitrogens with zero attached hydrogens (tertiary/aromatic N) is 2. The topological polar surface area (TPSA) is 55.6 Å². The van der Waals surface area contributed by atoms with Gasteiger partial charge in [-0.2, -0.15) is 0 Å². The Hall–Kier alpha value is -2.66. The van der Waals surface area contributed by atoms with Gasteiger partial charge in [0.2, 0.25) is 0 Å². The SMILES string of the molecule is COC(=O)c1cncc(-c2ccc3occ(CCN(C)C)c3c2)c1. The van der Waals surface area contributed by atoms with E-state index in [0.717, 1.165) is 35.1 Å². The average molecular weight is 324 g/mol. The fourth-order valence-electron chi connectivity index (χ4n) is 2.63. The molecule has 0 atom stereocenters. The number of pyridine rings is 1. The van der Waals surface area contributed by atoms with Gasteiger partial charge in [0.05, 0.1) is 18.9 Å². The van der Waals surface area contributed by atoms with Crippen molar-refractivity contribution in [1.29, 1.82) is 0 Å². The van der Waals surface area contributed by atoms with E-state index in [9.17, 15) is 4.79 Å². The van der Waals surface area contributed by atoms with Gasteiger partial charge in [-0.3, -0.25) is 4.98 Å². The lowest BCUT2D eigenvalue weighted by atomic mass is 10.0. The molecule has 3 aromatic rings. The van der Waals surface area contributed by atoms with Crippen LogP contribution in [0.1, 0.15) is 15.9 Å². The second kappa shape index (κ2) is 6.84. The van der Waals surface area contributed by atoms with Gasteiger partial charge in [0.1, 0.15) is 5.58 Å². The summed E-state index contributed by atoms with van der Waals surface area (Å²) in [5.74, 6) is -0.389. The van der Waals surface area contributed by atoms with E-state index >= 15 is 0 Å². The van der Waals surface area contributed by atoms with Crippen molar-refractivity contribution in [3.05, 3.63) is 54.0 Å². The zero-order valence-electron chi connectivity index (χ0n) is 14.1. The summed E-state index contributed by atoms with van der Waals surface area (Å²) in [5.41, 5.74) is 4.35. The number of furan rings is 1. The van der Waals surface area contributed by atoms with Gasteiger partial charge in [-0.05, 0) is 49.8 Å². The summed E-state index contributed by atoms with van der Waals surface area (Å²) in [6, 6.07) is 7.80. The van der Waals surface area contributed by atoms with Gasteiger partial charge in [-0.25, -0.2) is 4.79 Å². The molecule has 1 aromatic carbocycles. The largest absolute Gasteiger partial charge is 0.465 e. The highest BCUT2D eigenvalue weighted by Crippen LogP contribution is 2.28. The summed E-state index contributed by atoms with van der Waals surface area (Å²) in [7, 11) is 5.47. The molecule has 124 valence electrons. The molecular formula is C19H20N2O3. The zero-order valence-corrected chi connectivity index (χ0v) is 14.1. The van der Waals surface area contributed by atoms with Gasteiger partial charge < -0.3 is 14.1 Å². The summed E-state index contributed by atoms with van der Waals surface area (Å²) < 4.78 is 10.4. The molecule has 0 aliphatic heterocycles. The van der Waals surface area contributed by atoms with Crippen LogP contribution in [-0.2, 0) is 11.2 Å². The molecule has 0 saturated carbocycles. The van der Waals surface area contributed by atoms with Crippen LogP contribution >= 0.6 is 0 Å². The summed E-state index contributed by atoms with van der Waals surface area (Å²) in [6.45, 7) is 0.957. The first-order valence-electron chi connectivity index (χ1n) is 7.77. The zero-order chi connectivity index (χ0) is 17.1. The molecule has 0 radical (unpaired) electrons. The summed E-state index contributed by atoms with van der Waals surface area (Å²) in [5, 5.41) is 1.10. The molecule has 0 bridgehead atoms. The minimum atomic E-state index is -0.389. The first kappa shape index (κ1) is 16.2. The Bertz CT molecular complexity index is 868. The van der Waals surface area contributed by atoms with E-state index in [1.54, 1.807) is 12.3 Å². The quantitative estimate of drug-likeness (QED) is 0.673. The molecule has 2 heterocycles. The number of carbonyl (C=O) groups is 1. The molecule has 0 spiro atoms. The average Bonchev–Trinajstić information content (AvgIpc) is 3.01. The van der Waals surface area contributed by atoms with E-state index in [4.69, 9.17) is 9.15 Å². The van der Waals surface area contributed by atoms with E-state index in [-0.39, 0.29) is 5.97 Å². The lowest BCUT2D eigenvalue weighted by Crippen LogP contribution is -2.14. The number of methoxy groups -OCH3 is 1. The second-order valence-electron chi connectivity index (χ2n) is 5.98. The van der Waals surface area contributed by atoms with Crippen molar-refractivity contribution in [1.82, 2.24) is 9.88 Å². The van der Waals surface area contributed by atoms with E-state index < -0.39 is 0 Å². The Morgan fingerprint density at radius 2 is 2.04 bits per heavy atom.